The van der Waals surface area contributed by atoms with E-state index in [9.17, 15) is 14.7 Å². The van der Waals surface area contributed by atoms with Crippen LogP contribution in [0.4, 0.5) is 0 Å². The number of ether oxygens (including phenoxy) is 1. The molecule has 0 spiro atoms. The molecule has 1 unspecified atom stereocenters. The lowest BCUT2D eigenvalue weighted by atomic mass is 10.2. The van der Waals surface area contributed by atoms with Crippen LogP contribution in [0.15, 0.2) is 22.8 Å². The Morgan fingerprint density at radius 2 is 2.32 bits per heavy atom. The van der Waals surface area contributed by atoms with Crippen LogP contribution in [0, 0.1) is 6.92 Å². The highest BCUT2D eigenvalue weighted by molar-refractivity contribution is 7.15. The number of rotatable bonds is 3. The van der Waals surface area contributed by atoms with E-state index in [4.69, 9.17) is 9.15 Å². The minimum Gasteiger partial charge on any atom is -0.480 e. The number of aliphatic carboxylic acids is 1. The summed E-state index contributed by atoms with van der Waals surface area (Å²) in [5.41, 5.74) is 0.268. The number of amides is 1. The van der Waals surface area contributed by atoms with Gasteiger partial charge in [0.1, 0.15) is 5.69 Å². The zero-order chi connectivity index (χ0) is 15.7. The summed E-state index contributed by atoms with van der Waals surface area (Å²) < 4.78 is 10.4. The van der Waals surface area contributed by atoms with Crippen LogP contribution >= 0.6 is 11.3 Å². The van der Waals surface area contributed by atoms with E-state index in [1.54, 1.807) is 19.1 Å². The number of carboxylic acids is 1. The zero-order valence-electron chi connectivity index (χ0n) is 11.8. The molecule has 1 saturated heterocycles. The van der Waals surface area contributed by atoms with Gasteiger partial charge in [0.2, 0.25) is 0 Å². The molecule has 1 fully saturated rings. The fourth-order valence-electron chi connectivity index (χ4n) is 2.29. The van der Waals surface area contributed by atoms with Gasteiger partial charge in [-0.05, 0) is 19.1 Å². The van der Waals surface area contributed by atoms with Gasteiger partial charge in [-0.15, -0.1) is 11.3 Å². The van der Waals surface area contributed by atoms with Gasteiger partial charge in [0, 0.05) is 11.4 Å². The lowest BCUT2D eigenvalue weighted by Crippen LogP contribution is -2.52. The fourth-order valence-corrected chi connectivity index (χ4v) is 3.16. The maximum absolute atomic E-state index is 12.6. The summed E-state index contributed by atoms with van der Waals surface area (Å²) in [5.74, 6) is -0.877. The predicted octanol–water partition coefficient (Wildman–Crippen LogP) is 1.64. The van der Waals surface area contributed by atoms with Gasteiger partial charge in [-0.2, -0.15) is 0 Å². The predicted molar refractivity (Wildman–Crippen MR) is 77.8 cm³/mol. The molecule has 2 aromatic heterocycles. The largest absolute Gasteiger partial charge is 0.480 e. The normalized spacial score (nSPS) is 18.4. The molecule has 2 aromatic rings. The maximum Gasteiger partial charge on any atom is 0.328 e. The monoisotopic (exact) mass is 322 g/mol. The molecule has 0 bridgehead atoms. The van der Waals surface area contributed by atoms with Crippen molar-refractivity contribution in [1.82, 2.24) is 9.88 Å². The topological polar surface area (TPSA) is 92.9 Å². The highest BCUT2D eigenvalue weighted by Crippen LogP contribution is 2.29. The van der Waals surface area contributed by atoms with Crippen LogP contribution in [0.5, 0.6) is 0 Å². The maximum atomic E-state index is 12.6. The van der Waals surface area contributed by atoms with Gasteiger partial charge in [-0.3, -0.25) is 4.79 Å². The van der Waals surface area contributed by atoms with Crippen molar-refractivity contribution in [3.63, 3.8) is 0 Å². The van der Waals surface area contributed by atoms with Crippen LogP contribution in [0.2, 0.25) is 0 Å². The third-order valence-corrected chi connectivity index (χ3v) is 4.39. The summed E-state index contributed by atoms with van der Waals surface area (Å²) in [6.07, 6.45) is 1.54. The van der Waals surface area contributed by atoms with Gasteiger partial charge in [0.15, 0.2) is 16.8 Å². The molecule has 7 nitrogen and oxygen atoms in total. The van der Waals surface area contributed by atoms with E-state index in [2.05, 4.69) is 4.98 Å². The third kappa shape index (κ3) is 2.62. The fraction of sp³-hybridized carbons (Fsp3) is 0.357. The van der Waals surface area contributed by atoms with Crippen molar-refractivity contribution in [2.45, 2.75) is 13.0 Å². The second kappa shape index (κ2) is 5.90. The first kappa shape index (κ1) is 14.7. The van der Waals surface area contributed by atoms with Gasteiger partial charge >= 0.3 is 5.97 Å². The lowest BCUT2D eigenvalue weighted by molar-refractivity contribution is -0.147. The highest BCUT2D eigenvalue weighted by Gasteiger charge is 2.35. The van der Waals surface area contributed by atoms with E-state index in [0.717, 1.165) is 4.88 Å². The summed E-state index contributed by atoms with van der Waals surface area (Å²) in [5, 5.41) is 9.83. The molecule has 3 heterocycles. The van der Waals surface area contributed by atoms with E-state index in [1.165, 1.54) is 22.5 Å². The summed E-state index contributed by atoms with van der Waals surface area (Å²) in [6, 6.07) is 2.53. The molecular weight excluding hydrogens is 308 g/mol. The van der Waals surface area contributed by atoms with Crippen molar-refractivity contribution in [3.05, 3.63) is 29.0 Å². The Kier molecular flexibility index (Phi) is 3.95. The summed E-state index contributed by atoms with van der Waals surface area (Å²) >= 11 is 1.34. The van der Waals surface area contributed by atoms with Crippen molar-refractivity contribution >= 4 is 23.2 Å². The number of nitrogens with zero attached hydrogens (tertiary/aromatic N) is 2. The first-order valence-electron chi connectivity index (χ1n) is 6.70. The van der Waals surface area contributed by atoms with E-state index >= 15 is 0 Å². The molecule has 8 heteroatoms. The SMILES string of the molecule is Cc1sc(-c2ccco2)nc1C(=O)N1CCOCC1C(=O)O. The van der Waals surface area contributed by atoms with Crippen LogP contribution in [-0.2, 0) is 9.53 Å². The van der Waals surface area contributed by atoms with Crippen molar-refractivity contribution in [3.8, 4) is 10.8 Å². The Bertz CT molecular complexity index is 694. The average Bonchev–Trinajstić information content (AvgIpc) is 3.15. The smallest absolute Gasteiger partial charge is 0.328 e. The minimum atomic E-state index is -1.08. The molecule has 0 saturated carbocycles. The number of carbonyl (C=O) groups excluding carboxylic acids is 1. The first-order valence-corrected chi connectivity index (χ1v) is 7.52. The average molecular weight is 322 g/mol. The van der Waals surface area contributed by atoms with Gasteiger partial charge in [-0.1, -0.05) is 0 Å². The Morgan fingerprint density at radius 3 is 3.00 bits per heavy atom. The van der Waals surface area contributed by atoms with Crippen molar-refractivity contribution < 1.29 is 23.8 Å². The molecule has 0 aliphatic carbocycles. The minimum absolute atomic E-state index is 0.00466. The number of furan rings is 1. The van der Waals surface area contributed by atoms with Crippen LogP contribution in [-0.4, -0.2) is 52.7 Å². The number of morpholine rings is 1. The highest BCUT2D eigenvalue weighted by atomic mass is 32.1. The first-order chi connectivity index (χ1) is 10.6. The lowest BCUT2D eigenvalue weighted by Gasteiger charge is -2.32. The molecule has 1 aliphatic rings. The van der Waals surface area contributed by atoms with E-state index in [0.29, 0.717) is 17.4 Å². The Morgan fingerprint density at radius 1 is 1.50 bits per heavy atom. The molecule has 1 aliphatic heterocycles. The number of hydrogen-bond acceptors (Lipinski definition) is 6. The zero-order valence-corrected chi connectivity index (χ0v) is 12.6. The van der Waals surface area contributed by atoms with E-state index < -0.39 is 12.0 Å². The molecule has 3 rings (SSSR count). The molecule has 1 N–H and O–H groups in total. The van der Waals surface area contributed by atoms with Crippen LogP contribution in [0.25, 0.3) is 10.8 Å². The van der Waals surface area contributed by atoms with Crippen molar-refractivity contribution in [2.75, 3.05) is 19.8 Å². The summed E-state index contributed by atoms with van der Waals surface area (Å²) in [6.45, 7) is 2.34. The number of aryl methyl sites for hydroxylation is 1. The molecule has 0 radical (unpaired) electrons. The van der Waals surface area contributed by atoms with Gasteiger partial charge in [0.05, 0.1) is 19.5 Å². The molecule has 116 valence electrons. The summed E-state index contributed by atoms with van der Waals surface area (Å²) in [7, 11) is 0. The second-order valence-corrected chi connectivity index (χ2v) is 6.03. The number of thiazole rings is 1. The summed E-state index contributed by atoms with van der Waals surface area (Å²) in [4.78, 5) is 30.3. The number of carbonyl (C=O) groups is 2. The third-order valence-electron chi connectivity index (χ3n) is 3.41. The van der Waals surface area contributed by atoms with E-state index in [1.807, 2.05) is 0 Å². The number of hydrogen-bond donors (Lipinski definition) is 1. The molecule has 22 heavy (non-hydrogen) atoms. The van der Waals surface area contributed by atoms with Crippen LogP contribution in [0.3, 0.4) is 0 Å². The van der Waals surface area contributed by atoms with Gasteiger partial charge in [-0.25, -0.2) is 9.78 Å². The Balaban J connectivity index is 1.90. The van der Waals surface area contributed by atoms with Crippen LogP contribution in [0.1, 0.15) is 15.4 Å². The Labute approximate surface area is 130 Å². The standard InChI is InChI=1S/C14H14N2O5S/c1-8-11(15-12(22-8)10-3-2-5-21-10)13(17)16-4-6-20-7-9(16)14(18)19/h2-3,5,9H,4,6-7H2,1H3,(H,18,19). The molecule has 0 aromatic carbocycles. The van der Waals surface area contributed by atoms with Crippen molar-refractivity contribution in [2.24, 2.45) is 0 Å². The second-order valence-electron chi connectivity index (χ2n) is 4.83. The van der Waals surface area contributed by atoms with E-state index in [-0.39, 0.29) is 24.8 Å². The van der Waals surface area contributed by atoms with Crippen LogP contribution < -0.4 is 0 Å². The molecule has 1 atom stereocenters. The quantitative estimate of drug-likeness (QED) is 0.923. The molecule has 1 amide bonds. The van der Waals surface area contributed by atoms with Crippen molar-refractivity contribution in [1.29, 1.82) is 0 Å². The number of aromatic nitrogens is 1. The van der Waals surface area contributed by atoms with Gasteiger partial charge < -0.3 is 19.2 Å². The Hall–Kier alpha value is -2.19. The molecular formula is C14H14N2O5S. The van der Waals surface area contributed by atoms with Gasteiger partial charge in [0.25, 0.3) is 5.91 Å². The number of carboxylic acid groups (broad SMARTS) is 1.